The van der Waals surface area contributed by atoms with Gasteiger partial charge in [-0.15, -0.1) is 0 Å². The number of hydrogen-bond donors (Lipinski definition) is 1. The zero-order valence-corrected chi connectivity index (χ0v) is 14.1. The molecule has 0 unspecified atom stereocenters. The van der Waals surface area contributed by atoms with Crippen molar-refractivity contribution in [2.45, 2.75) is 0 Å². The molecule has 0 aliphatic heterocycles. The van der Waals surface area contributed by atoms with E-state index in [0.717, 1.165) is 39.7 Å². The Labute approximate surface area is 145 Å². The molecule has 1 N–H and O–H groups in total. The lowest BCUT2D eigenvalue weighted by atomic mass is 10.2. The second kappa shape index (κ2) is 6.28. The van der Waals surface area contributed by atoms with Gasteiger partial charge in [0.25, 0.3) is 0 Å². The Morgan fingerprint density at radius 2 is 1.76 bits per heavy atom. The first-order chi connectivity index (χ1) is 12.2. The molecule has 4 aromatic rings. The van der Waals surface area contributed by atoms with E-state index >= 15 is 0 Å². The summed E-state index contributed by atoms with van der Waals surface area (Å²) in [6.45, 7) is 0. The fourth-order valence-electron chi connectivity index (χ4n) is 2.83. The molecule has 5 heteroatoms. The van der Waals surface area contributed by atoms with Gasteiger partial charge in [-0.25, -0.2) is 9.97 Å². The van der Waals surface area contributed by atoms with Crippen LogP contribution < -0.4 is 10.1 Å². The van der Waals surface area contributed by atoms with Crippen molar-refractivity contribution in [2.75, 3.05) is 12.4 Å². The Balaban J connectivity index is 1.69. The van der Waals surface area contributed by atoms with Crippen molar-refractivity contribution >= 4 is 22.5 Å². The Kier molecular flexibility index (Phi) is 3.82. The number of imidazole rings is 1. The van der Waals surface area contributed by atoms with Crippen LogP contribution in [0, 0.1) is 0 Å². The molecule has 0 aliphatic rings. The number of benzene rings is 2. The molecule has 2 heterocycles. The quantitative estimate of drug-likeness (QED) is 0.603. The molecule has 0 aliphatic carbocycles. The van der Waals surface area contributed by atoms with Crippen LogP contribution in [0.2, 0.25) is 0 Å². The van der Waals surface area contributed by atoms with Crippen LogP contribution in [-0.2, 0) is 7.05 Å². The van der Waals surface area contributed by atoms with Crippen molar-refractivity contribution < 1.29 is 4.74 Å². The maximum absolute atomic E-state index is 5.18. The van der Waals surface area contributed by atoms with Crippen LogP contribution in [0.1, 0.15) is 0 Å². The number of nitrogens with one attached hydrogen (secondary N) is 1. The lowest BCUT2D eigenvalue weighted by Crippen LogP contribution is -1.95. The lowest BCUT2D eigenvalue weighted by Gasteiger charge is -2.07. The van der Waals surface area contributed by atoms with Gasteiger partial charge < -0.3 is 14.6 Å². The van der Waals surface area contributed by atoms with Crippen LogP contribution in [0.25, 0.3) is 22.4 Å². The van der Waals surface area contributed by atoms with Crippen LogP contribution in [0.5, 0.6) is 5.75 Å². The Bertz CT molecular complexity index is 1010. The highest BCUT2D eigenvalue weighted by Crippen LogP contribution is 2.26. The summed E-state index contributed by atoms with van der Waals surface area (Å²) in [5, 5.41) is 3.32. The van der Waals surface area contributed by atoms with Gasteiger partial charge in [0.2, 0.25) is 0 Å². The van der Waals surface area contributed by atoms with Gasteiger partial charge in [0.1, 0.15) is 22.9 Å². The van der Waals surface area contributed by atoms with Gasteiger partial charge in [-0.2, -0.15) is 0 Å². The van der Waals surface area contributed by atoms with Crippen LogP contribution >= 0.6 is 0 Å². The molecule has 0 fully saturated rings. The van der Waals surface area contributed by atoms with Gasteiger partial charge in [0, 0.05) is 24.4 Å². The molecule has 5 nitrogen and oxygen atoms in total. The first kappa shape index (κ1) is 15.2. The summed E-state index contributed by atoms with van der Waals surface area (Å²) >= 11 is 0. The third kappa shape index (κ3) is 2.92. The third-order valence-corrected chi connectivity index (χ3v) is 4.16. The van der Waals surface area contributed by atoms with E-state index in [4.69, 9.17) is 9.72 Å². The molecule has 2 aromatic carbocycles. The smallest absolute Gasteiger partial charge is 0.140 e. The predicted octanol–water partition coefficient (Wildman–Crippen LogP) is 4.39. The Hall–Kier alpha value is -3.34. The van der Waals surface area contributed by atoms with Gasteiger partial charge >= 0.3 is 0 Å². The zero-order valence-electron chi connectivity index (χ0n) is 14.1. The second-order valence-electron chi connectivity index (χ2n) is 5.77. The van der Waals surface area contributed by atoms with Crippen molar-refractivity contribution in [1.82, 2.24) is 14.5 Å². The molecule has 0 saturated heterocycles. The predicted molar refractivity (Wildman–Crippen MR) is 100 cm³/mol. The molecule has 0 atom stereocenters. The maximum atomic E-state index is 5.18. The minimum Gasteiger partial charge on any atom is -0.497 e. The Morgan fingerprint density at radius 3 is 2.48 bits per heavy atom. The van der Waals surface area contributed by atoms with Gasteiger partial charge in [-0.1, -0.05) is 30.3 Å². The van der Waals surface area contributed by atoms with E-state index in [2.05, 4.69) is 27.0 Å². The minimum absolute atomic E-state index is 0.778. The molecule has 4 rings (SSSR count). The topological polar surface area (TPSA) is 52.0 Å². The molecule has 2 aromatic heterocycles. The van der Waals surface area contributed by atoms with E-state index < -0.39 is 0 Å². The van der Waals surface area contributed by atoms with E-state index in [1.165, 1.54) is 0 Å². The summed E-state index contributed by atoms with van der Waals surface area (Å²) in [5.74, 6) is 2.53. The van der Waals surface area contributed by atoms with Gasteiger partial charge in [-0.05, 0) is 24.3 Å². The number of ether oxygens (including phenoxy) is 1. The SMILES string of the molecule is COc1ccc(Nc2cc3c(cn2)nc(-c2ccccc2)n3C)cc1. The van der Waals surface area contributed by atoms with Crippen LogP contribution in [0.4, 0.5) is 11.5 Å². The van der Waals surface area contributed by atoms with Crippen molar-refractivity contribution in [3.8, 4) is 17.1 Å². The van der Waals surface area contributed by atoms with Gasteiger partial charge in [-0.3, -0.25) is 0 Å². The van der Waals surface area contributed by atoms with Crippen molar-refractivity contribution in [2.24, 2.45) is 7.05 Å². The highest BCUT2D eigenvalue weighted by Gasteiger charge is 2.11. The fourth-order valence-corrected chi connectivity index (χ4v) is 2.83. The number of fused-ring (bicyclic) bond motifs is 1. The molecule has 0 bridgehead atoms. The highest BCUT2D eigenvalue weighted by molar-refractivity contribution is 5.82. The van der Waals surface area contributed by atoms with E-state index in [9.17, 15) is 0 Å². The van der Waals surface area contributed by atoms with E-state index in [0.29, 0.717) is 0 Å². The zero-order chi connectivity index (χ0) is 17.2. The number of anilines is 2. The molecule has 0 amide bonds. The van der Waals surface area contributed by atoms with Crippen LogP contribution in [0.15, 0.2) is 66.9 Å². The number of pyridine rings is 1. The molecule has 0 spiro atoms. The average Bonchev–Trinajstić information content (AvgIpc) is 2.99. The first-order valence-electron chi connectivity index (χ1n) is 8.03. The lowest BCUT2D eigenvalue weighted by molar-refractivity contribution is 0.415. The normalized spacial score (nSPS) is 10.8. The highest BCUT2D eigenvalue weighted by atomic mass is 16.5. The van der Waals surface area contributed by atoms with Gasteiger partial charge in [0.05, 0.1) is 18.8 Å². The summed E-state index contributed by atoms with van der Waals surface area (Å²) < 4.78 is 7.27. The molecule has 25 heavy (non-hydrogen) atoms. The second-order valence-corrected chi connectivity index (χ2v) is 5.77. The first-order valence-corrected chi connectivity index (χ1v) is 8.03. The number of nitrogens with zero attached hydrogens (tertiary/aromatic N) is 3. The molecular formula is C20H18N4O. The van der Waals surface area contributed by atoms with Crippen molar-refractivity contribution in [1.29, 1.82) is 0 Å². The summed E-state index contributed by atoms with van der Waals surface area (Å²) in [7, 11) is 3.68. The van der Waals surface area contributed by atoms with Crippen molar-refractivity contribution in [3.63, 3.8) is 0 Å². The summed E-state index contributed by atoms with van der Waals surface area (Å²) in [5.41, 5.74) is 3.95. The van der Waals surface area contributed by atoms with E-state index in [1.807, 2.05) is 55.6 Å². The number of aryl methyl sites for hydroxylation is 1. The molecule has 0 saturated carbocycles. The summed E-state index contributed by atoms with van der Waals surface area (Å²) in [4.78, 5) is 9.18. The van der Waals surface area contributed by atoms with Crippen LogP contribution in [0.3, 0.4) is 0 Å². The number of rotatable bonds is 4. The minimum atomic E-state index is 0.778. The number of aromatic nitrogens is 3. The maximum Gasteiger partial charge on any atom is 0.140 e. The van der Waals surface area contributed by atoms with Crippen LogP contribution in [-0.4, -0.2) is 21.6 Å². The molecule has 124 valence electrons. The largest absolute Gasteiger partial charge is 0.497 e. The van der Waals surface area contributed by atoms with Gasteiger partial charge in [0.15, 0.2) is 0 Å². The number of methoxy groups -OCH3 is 1. The van der Waals surface area contributed by atoms with E-state index in [1.54, 1.807) is 13.3 Å². The summed E-state index contributed by atoms with van der Waals surface area (Å²) in [6, 6.07) is 19.9. The molecular weight excluding hydrogens is 312 g/mol. The molecule has 0 radical (unpaired) electrons. The third-order valence-electron chi connectivity index (χ3n) is 4.16. The fraction of sp³-hybridized carbons (Fsp3) is 0.100. The van der Waals surface area contributed by atoms with E-state index in [-0.39, 0.29) is 0 Å². The van der Waals surface area contributed by atoms with Crippen molar-refractivity contribution in [3.05, 3.63) is 66.9 Å². The monoisotopic (exact) mass is 330 g/mol. The standard InChI is InChI=1S/C20H18N4O/c1-24-18-12-19(22-15-8-10-16(25-2)11-9-15)21-13-17(18)23-20(24)14-6-4-3-5-7-14/h3-13H,1-2H3,(H,21,22). The number of hydrogen-bond acceptors (Lipinski definition) is 4. The Morgan fingerprint density at radius 1 is 1.00 bits per heavy atom. The average molecular weight is 330 g/mol. The summed E-state index contributed by atoms with van der Waals surface area (Å²) in [6.07, 6.45) is 1.80.